The minimum atomic E-state index is -0.176. The second-order valence-electron chi connectivity index (χ2n) is 5.96. The molecule has 0 saturated carbocycles. The quantitative estimate of drug-likeness (QED) is 0.546. The fourth-order valence-electron chi connectivity index (χ4n) is 2.71. The number of aromatic nitrogens is 4. The van der Waals surface area contributed by atoms with Crippen LogP contribution in [0.3, 0.4) is 0 Å². The van der Waals surface area contributed by atoms with E-state index >= 15 is 0 Å². The van der Waals surface area contributed by atoms with Gasteiger partial charge in [-0.15, -0.1) is 16.9 Å². The van der Waals surface area contributed by atoms with Crippen LogP contribution in [0.5, 0.6) is 0 Å². The minimum Gasteiger partial charge on any atom is -0.327 e. The smallest absolute Gasteiger partial charge is 0.275 e. The van der Waals surface area contributed by atoms with Gasteiger partial charge < -0.3 is 4.98 Å². The second-order valence-corrected chi connectivity index (χ2v) is 7.00. The lowest BCUT2D eigenvalue weighted by Crippen LogP contribution is -2.15. The molecule has 26 heavy (non-hydrogen) atoms. The van der Waals surface area contributed by atoms with Crippen LogP contribution < -0.4 is 5.56 Å². The molecule has 0 unspecified atom stereocenters. The molecule has 6 heteroatoms. The molecule has 0 fully saturated rings. The topological polar surface area (TPSA) is 63.1 Å². The molecule has 0 aliphatic rings. The number of nitrogens with zero attached hydrogens (tertiary/aromatic N) is 3. The summed E-state index contributed by atoms with van der Waals surface area (Å²) < 4.78 is 1.31. The molecular formula is C20H18N4OS. The van der Waals surface area contributed by atoms with E-state index in [2.05, 4.69) is 46.3 Å². The highest BCUT2D eigenvalue weighted by Gasteiger charge is 2.10. The monoisotopic (exact) mass is 362 g/mol. The molecule has 0 amide bonds. The zero-order valence-electron chi connectivity index (χ0n) is 14.3. The number of hydrogen-bond donors (Lipinski definition) is 1. The number of hydrogen-bond acceptors (Lipinski definition) is 4. The summed E-state index contributed by atoms with van der Waals surface area (Å²) in [6.07, 6.45) is 1.03. The van der Waals surface area contributed by atoms with Crippen molar-refractivity contribution in [1.29, 1.82) is 0 Å². The van der Waals surface area contributed by atoms with Crippen molar-refractivity contribution in [3.63, 3.8) is 0 Å². The number of benzene rings is 2. The van der Waals surface area contributed by atoms with Gasteiger partial charge in [0.2, 0.25) is 5.78 Å². The van der Waals surface area contributed by atoms with E-state index in [0.717, 1.165) is 17.7 Å². The van der Waals surface area contributed by atoms with Gasteiger partial charge in [0, 0.05) is 28.0 Å². The first-order valence-corrected chi connectivity index (χ1v) is 9.47. The third kappa shape index (κ3) is 3.41. The van der Waals surface area contributed by atoms with Crippen LogP contribution in [0.4, 0.5) is 0 Å². The molecule has 2 aromatic heterocycles. The van der Waals surface area contributed by atoms with Gasteiger partial charge in [-0.2, -0.15) is 9.50 Å². The van der Waals surface area contributed by atoms with Crippen LogP contribution in [0.1, 0.15) is 18.2 Å². The summed E-state index contributed by atoms with van der Waals surface area (Å²) in [7, 11) is 0. The second kappa shape index (κ2) is 7.17. The third-order valence-electron chi connectivity index (χ3n) is 4.14. The molecule has 4 rings (SSSR count). The van der Waals surface area contributed by atoms with E-state index in [9.17, 15) is 4.79 Å². The molecule has 2 aromatic carbocycles. The van der Waals surface area contributed by atoms with Crippen LogP contribution in [-0.4, -0.2) is 19.6 Å². The Bertz CT molecular complexity index is 1080. The Kier molecular flexibility index (Phi) is 4.58. The number of fused-ring (bicyclic) bond motifs is 1. The van der Waals surface area contributed by atoms with E-state index in [1.807, 2.05) is 30.3 Å². The lowest BCUT2D eigenvalue weighted by Gasteiger charge is -2.03. The Morgan fingerprint density at radius 3 is 2.58 bits per heavy atom. The van der Waals surface area contributed by atoms with Crippen LogP contribution in [-0.2, 0) is 12.2 Å². The maximum Gasteiger partial charge on any atom is 0.275 e. The summed E-state index contributed by atoms with van der Waals surface area (Å²) in [4.78, 5) is 21.2. The van der Waals surface area contributed by atoms with Gasteiger partial charge in [-0.3, -0.25) is 4.79 Å². The predicted molar refractivity (Wildman–Crippen MR) is 104 cm³/mol. The van der Waals surface area contributed by atoms with E-state index in [1.54, 1.807) is 17.8 Å². The van der Waals surface area contributed by atoms with Crippen molar-refractivity contribution >= 4 is 17.5 Å². The zero-order chi connectivity index (χ0) is 17.9. The standard InChI is InChI=1S/C20H18N4OS/c1-2-14-8-10-17(11-9-14)26-13-16-12-18(25)24-20(21-16)22-19(23-24)15-6-4-3-5-7-15/h3-12H,2,13H2,1H3,(H,21,22,23). The SMILES string of the molecule is CCc1ccc(SCc2cc(=O)n3nc(-c4ccccc4)nc3[nH]2)cc1. The van der Waals surface area contributed by atoms with Crippen LogP contribution >= 0.6 is 11.8 Å². The summed E-state index contributed by atoms with van der Waals surface area (Å²) in [5, 5.41) is 4.32. The number of thioether (sulfide) groups is 1. The van der Waals surface area contributed by atoms with Crippen LogP contribution in [0.25, 0.3) is 17.2 Å². The predicted octanol–water partition coefficient (Wildman–Crippen LogP) is 3.94. The van der Waals surface area contributed by atoms with Gasteiger partial charge in [0.05, 0.1) is 0 Å². The molecule has 0 aliphatic carbocycles. The molecule has 0 saturated heterocycles. The van der Waals surface area contributed by atoms with Crippen LogP contribution in [0.15, 0.2) is 70.4 Å². The Hall–Kier alpha value is -2.86. The number of aromatic amines is 1. The largest absolute Gasteiger partial charge is 0.327 e. The highest BCUT2D eigenvalue weighted by Crippen LogP contribution is 2.22. The van der Waals surface area contributed by atoms with Gasteiger partial charge in [0.25, 0.3) is 5.56 Å². The Balaban J connectivity index is 1.59. The van der Waals surface area contributed by atoms with E-state index in [1.165, 1.54) is 15.0 Å². The lowest BCUT2D eigenvalue weighted by molar-refractivity contribution is 0.890. The van der Waals surface area contributed by atoms with Crippen LogP contribution in [0, 0.1) is 0 Å². The first-order chi connectivity index (χ1) is 12.7. The van der Waals surface area contributed by atoms with Crippen molar-refractivity contribution in [2.45, 2.75) is 24.0 Å². The molecular weight excluding hydrogens is 344 g/mol. The van der Waals surface area contributed by atoms with E-state index in [4.69, 9.17) is 0 Å². The third-order valence-corrected chi connectivity index (χ3v) is 5.20. The fraction of sp³-hybridized carbons (Fsp3) is 0.150. The highest BCUT2D eigenvalue weighted by molar-refractivity contribution is 7.98. The van der Waals surface area contributed by atoms with Crippen molar-refractivity contribution in [3.8, 4) is 11.4 Å². The summed E-state index contributed by atoms with van der Waals surface area (Å²) in [5.74, 6) is 1.68. The average Bonchev–Trinajstić information content (AvgIpc) is 3.12. The molecule has 2 heterocycles. The van der Waals surface area contributed by atoms with E-state index in [-0.39, 0.29) is 5.56 Å². The first-order valence-electron chi connectivity index (χ1n) is 8.49. The van der Waals surface area contributed by atoms with Crippen molar-refractivity contribution in [3.05, 3.63) is 82.3 Å². The van der Waals surface area contributed by atoms with Gasteiger partial charge >= 0.3 is 0 Å². The Labute approximate surface area is 155 Å². The summed E-state index contributed by atoms with van der Waals surface area (Å²) in [5.41, 5.74) is 2.86. The summed E-state index contributed by atoms with van der Waals surface area (Å²) >= 11 is 1.69. The molecule has 0 aliphatic heterocycles. The molecule has 0 bridgehead atoms. The molecule has 0 atom stereocenters. The van der Waals surface area contributed by atoms with Gasteiger partial charge in [-0.05, 0) is 24.1 Å². The van der Waals surface area contributed by atoms with Gasteiger partial charge in [-0.1, -0.05) is 49.4 Å². The molecule has 0 spiro atoms. The van der Waals surface area contributed by atoms with E-state index < -0.39 is 0 Å². The lowest BCUT2D eigenvalue weighted by atomic mass is 10.2. The Morgan fingerprint density at radius 2 is 1.85 bits per heavy atom. The van der Waals surface area contributed by atoms with E-state index in [0.29, 0.717) is 17.4 Å². The van der Waals surface area contributed by atoms with Gasteiger partial charge in [0.15, 0.2) is 5.82 Å². The van der Waals surface area contributed by atoms with Crippen LogP contribution in [0.2, 0.25) is 0 Å². The molecule has 5 nitrogen and oxygen atoms in total. The zero-order valence-corrected chi connectivity index (χ0v) is 15.2. The number of rotatable bonds is 5. The normalized spacial score (nSPS) is 11.1. The molecule has 4 aromatic rings. The van der Waals surface area contributed by atoms with Crippen molar-refractivity contribution in [1.82, 2.24) is 19.6 Å². The number of aryl methyl sites for hydroxylation is 1. The maximum atomic E-state index is 12.4. The van der Waals surface area contributed by atoms with Crippen molar-refractivity contribution in [2.75, 3.05) is 0 Å². The number of H-pyrrole nitrogens is 1. The number of nitrogens with one attached hydrogen (secondary N) is 1. The Morgan fingerprint density at radius 1 is 1.08 bits per heavy atom. The fourth-order valence-corrected chi connectivity index (χ4v) is 3.51. The maximum absolute atomic E-state index is 12.4. The highest BCUT2D eigenvalue weighted by atomic mass is 32.2. The average molecular weight is 362 g/mol. The first kappa shape index (κ1) is 16.6. The molecule has 0 radical (unpaired) electrons. The minimum absolute atomic E-state index is 0.176. The van der Waals surface area contributed by atoms with Crippen molar-refractivity contribution < 1.29 is 0 Å². The summed E-state index contributed by atoms with van der Waals surface area (Å²) in [6, 6.07) is 19.7. The molecule has 130 valence electrons. The van der Waals surface area contributed by atoms with Gasteiger partial charge in [-0.25, -0.2) is 0 Å². The van der Waals surface area contributed by atoms with Gasteiger partial charge in [0.1, 0.15) is 0 Å². The van der Waals surface area contributed by atoms with Crippen molar-refractivity contribution in [2.24, 2.45) is 0 Å². The summed E-state index contributed by atoms with van der Waals surface area (Å²) in [6.45, 7) is 2.14. The molecule has 1 N–H and O–H groups in total.